The second-order valence-electron chi connectivity index (χ2n) is 3.71. The molecule has 0 bridgehead atoms. The third kappa shape index (κ3) is 2.30. The first-order valence-corrected chi connectivity index (χ1v) is 6.10. The van der Waals surface area contributed by atoms with Crippen LogP contribution in [0.2, 0.25) is 5.02 Å². The number of benzene rings is 1. The Balaban J connectivity index is 2.22. The van der Waals surface area contributed by atoms with Gasteiger partial charge >= 0.3 is 0 Å². The van der Waals surface area contributed by atoms with Crippen LogP contribution in [0.3, 0.4) is 0 Å². The summed E-state index contributed by atoms with van der Waals surface area (Å²) in [4.78, 5) is 0. The summed E-state index contributed by atoms with van der Waals surface area (Å²) in [5.41, 5.74) is 1.28. The molecule has 0 saturated carbocycles. The van der Waals surface area contributed by atoms with Crippen molar-refractivity contribution in [3.8, 4) is 0 Å². The lowest BCUT2D eigenvalue weighted by Crippen LogP contribution is -2.28. The number of halogens is 2. The first-order chi connectivity index (χ1) is 6.77. The highest BCUT2D eigenvalue weighted by Gasteiger charge is 2.17. The molecule has 0 radical (unpaired) electrons. The summed E-state index contributed by atoms with van der Waals surface area (Å²) in [5, 5.41) is 4.29. The molecule has 76 valence electrons. The van der Waals surface area contributed by atoms with Gasteiger partial charge in [0.2, 0.25) is 0 Å². The van der Waals surface area contributed by atoms with Gasteiger partial charge in [0, 0.05) is 16.0 Å². The summed E-state index contributed by atoms with van der Waals surface area (Å²) >= 11 is 9.63. The second kappa shape index (κ2) is 4.65. The molecule has 14 heavy (non-hydrogen) atoms. The van der Waals surface area contributed by atoms with Crippen LogP contribution in [0.5, 0.6) is 0 Å². The highest BCUT2D eigenvalue weighted by Crippen LogP contribution is 2.31. The van der Waals surface area contributed by atoms with Gasteiger partial charge in [0.15, 0.2) is 0 Å². The molecule has 0 amide bonds. The van der Waals surface area contributed by atoms with Crippen molar-refractivity contribution in [2.45, 2.75) is 18.8 Å². The van der Waals surface area contributed by atoms with Gasteiger partial charge in [0.1, 0.15) is 0 Å². The monoisotopic (exact) mass is 273 g/mol. The lowest BCUT2D eigenvalue weighted by Gasteiger charge is -2.23. The predicted octanol–water partition coefficient (Wildman–Crippen LogP) is 3.57. The van der Waals surface area contributed by atoms with Crippen LogP contribution in [0.1, 0.15) is 24.3 Å². The fraction of sp³-hybridized carbons (Fsp3) is 0.455. The Kier molecular flexibility index (Phi) is 3.47. The van der Waals surface area contributed by atoms with Crippen molar-refractivity contribution < 1.29 is 0 Å². The van der Waals surface area contributed by atoms with Gasteiger partial charge in [0.05, 0.1) is 0 Å². The highest BCUT2D eigenvalue weighted by atomic mass is 79.9. The normalized spacial score (nSPS) is 22.3. The minimum atomic E-state index is 0.587. The quantitative estimate of drug-likeness (QED) is 0.825. The molecule has 1 aromatic carbocycles. The molecule has 1 N–H and O–H groups in total. The van der Waals surface area contributed by atoms with Crippen molar-refractivity contribution in [1.82, 2.24) is 5.32 Å². The Labute approximate surface area is 98.0 Å². The van der Waals surface area contributed by atoms with Crippen LogP contribution < -0.4 is 5.32 Å². The second-order valence-corrected chi connectivity index (χ2v) is 5.03. The zero-order chi connectivity index (χ0) is 9.97. The molecule has 1 aliphatic rings. The fourth-order valence-electron chi connectivity index (χ4n) is 1.95. The van der Waals surface area contributed by atoms with E-state index >= 15 is 0 Å². The molecule has 1 unspecified atom stereocenters. The molecule has 2 rings (SSSR count). The summed E-state index contributed by atoms with van der Waals surface area (Å²) in [5.74, 6) is 0.587. The molecule has 1 heterocycles. The predicted molar refractivity (Wildman–Crippen MR) is 64.0 cm³/mol. The van der Waals surface area contributed by atoms with Crippen LogP contribution in [0.25, 0.3) is 0 Å². The number of rotatable bonds is 1. The summed E-state index contributed by atoms with van der Waals surface area (Å²) in [7, 11) is 0. The Bertz CT molecular complexity index is 321. The first kappa shape index (κ1) is 10.5. The van der Waals surface area contributed by atoms with Crippen LogP contribution >= 0.6 is 27.5 Å². The van der Waals surface area contributed by atoms with Gasteiger partial charge in [-0.05, 0) is 43.0 Å². The number of hydrogen-bond acceptors (Lipinski definition) is 1. The van der Waals surface area contributed by atoms with Crippen molar-refractivity contribution in [2.24, 2.45) is 0 Å². The Morgan fingerprint density at radius 1 is 1.43 bits per heavy atom. The van der Waals surface area contributed by atoms with Crippen molar-refractivity contribution >= 4 is 27.5 Å². The van der Waals surface area contributed by atoms with Crippen LogP contribution in [-0.4, -0.2) is 13.1 Å². The van der Waals surface area contributed by atoms with E-state index in [0.29, 0.717) is 5.92 Å². The van der Waals surface area contributed by atoms with Gasteiger partial charge in [0.25, 0.3) is 0 Å². The van der Waals surface area contributed by atoms with E-state index in [1.165, 1.54) is 18.4 Å². The SMILES string of the molecule is Clc1cc(Br)ccc1C1CCCNC1. The maximum absolute atomic E-state index is 6.21. The van der Waals surface area contributed by atoms with Gasteiger partial charge < -0.3 is 5.32 Å². The molecule has 1 atom stereocenters. The largest absolute Gasteiger partial charge is 0.316 e. The van der Waals surface area contributed by atoms with Crippen LogP contribution in [0.15, 0.2) is 22.7 Å². The lowest BCUT2D eigenvalue weighted by atomic mass is 9.92. The number of hydrogen-bond donors (Lipinski definition) is 1. The van der Waals surface area contributed by atoms with E-state index in [1.807, 2.05) is 6.07 Å². The summed E-state index contributed by atoms with van der Waals surface area (Å²) in [6.45, 7) is 2.20. The fourth-order valence-corrected chi connectivity index (χ4v) is 2.78. The molecule has 0 aromatic heterocycles. The van der Waals surface area contributed by atoms with Gasteiger partial charge in [-0.25, -0.2) is 0 Å². The van der Waals surface area contributed by atoms with Crippen molar-refractivity contribution in [3.63, 3.8) is 0 Å². The molecule has 0 spiro atoms. The maximum Gasteiger partial charge on any atom is 0.0452 e. The minimum Gasteiger partial charge on any atom is -0.316 e. The van der Waals surface area contributed by atoms with Crippen molar-refractivity contribution in [2.75, 3.05) is 13.1 Å². The van der Waals surface area contributed by atoms with E-state index in [1.54, 1.807) is 0 Å². The molecule has 1 aromatic rings. The molecule has 1 saturated heterocycles. The molecular formula is C11H13BrClN. The van der Waals surface area contributed by atoms with E-state index in [-0.39, 0.29) is 0 Å². The summed E-state index contributed by atoms with van der Waals surface area (Å²) in [6, 6.07) is 6.17. The number of piperidine rings is 1. The maximum atomic E-state index is 6.21. The van der Waals surface area contributed by atoms with E-state index in [2.05, 4.69) is 33.4 Å². The number of nitrogens with one attached hydrogen (secondary N) is 1. The Morgan fingerprint density at radius 3 is 2.93 bits per heavy atom. The van der Waals surface area contributed by atoms with Gasteiger partial charge in [-0.15, -0.1) is 0 Å². The van der Waals surface area contributed by atoms with Gasteiger partial charge in [-0.3, -0.25) is 0 Å². The van der Waals surface area contributed by atoms with E-state index < -0.39 is 0 Å². The average Bonchev–Trinajstić information content (AvgIpc) is 2.19. The molecular weight excluding hydrogens is 261 g/mol. The minimum absolute atomic E-state index is 0.587. The van der Waals surface area contributed by atoms with Crippen LogP contribution in [0.4, 0.5) is 0 Å². The standard InChI is InChI=1S/C11H13BrClN/c12-9-3-4-10(11(13)6-9)8-2-1-5-14-7-8/h3-4,6,8,14H,1-2,5,7H2. The zero-order valence-corrected chi connectivity index (χ0v) is 10.2. The van der Waals surface area contributed by atoms with Crippen molar-refractivity contribution in [3.05, 3.63) is 33.3 Å². The van der Waals surface area contributed by atoms with Gasteiger partial charge in [-0.1, -0.05) is 33.6 Å². The Hall–Kier alpha value is -0.0500. The van der Waals surface area contributed by atoms with E-state index in [9.17, 15) is 0 Å². The summed E-state index contributed by atoms with van der Waals surface area (Å²) in [6.07, 6.45) is 2.49. The molecule has 1 fully saturated rings. The van der Waals surface area contributed by atoms with E-state index in [4.69, 9.17) is 11.6 Å². The third-order valence-electron chi connectivity index (χ3n) is 2.70. The Morgan fingerprint density at radius 2 is 2.29 bits per heavy atom. The topological polar surface area (TPSA) is 12.0 Å². The molecule has 3 heteroatoms. The lowest BCUT2D eigenvalue weighted by molar-refractivity contribution is 0.462. The van der Waals surface area contributed by atoms with Crippen LogP contribution in [-0.2, 0) is 0 Å². The average molecular weight is 275 g/mol. The van der Waals surface area contributed by atoms with Crippen LogP contribution in [0, 0.1) is 0 Å². The molecule has 1 nitrogen and oxygen atoms in total. The highest BCUT2D eigenvalue weighted by molar-refractivity contribution is 9.10. The molecule has 0 aliphatic carbocycles. The smallest absolute Gasteiger partial charge is 0.0452 e. The summed E-state index contributed by atoms with van der Waals surface area (Å²) < 4.78 is 1.05. The van der Waals surface area contributed by atoms with Gasteiger partial charge in [-0.2, -0.15) is 0 Å². The van der Waals surface area contributed by atoms with Crippen molar-refractivity contribution in [1.29, 1.82) is 0 Å². The third-order valence-corrected chi connectivity index (χ3v) is 3.52. The zero-order valence-electron chi connectivity index (χ0n) is 7.89. The van der Waals surface area contributed by atoms with E-state index in [0.717, 1.165) is 22.6 Å². The molecule has 1 aliphatic heterocycles. The first-order valence-electron chi connectivity index (χ1n) is 4.93.